The Hall–Kier alpha value is -1.59. The molecule has 2 rings (SSSR count). The van der Waals surface area contributed by atoms with E-state index in [0.29, 0.717) is 17.7 Å². The third-order valence-corrected chi connectivity index (χ3v) is 4.48. The zero-order valence-corrected chi connectivity index (χ0v) is 14.7. The lowest BCUT2D eigenvalue weighted by atomic mass is 10.0. The maximum Gasteiger partial charge on any atom is 0.166 e. The van der Waals surface area contributed by atoms with Crippen LogP contribution in [0.3, 0.4) is 0 Å². The molecule has 5 heteroatoms. The molecule has 1 atom stereocenters. The number of piperidine rings is 1. The van der Waals surface area contributed by atoms with E-state index in [1.807, 2.05) is 12.1 Å². The molecule has 0 aromatic heterocycles. The van der Waals surface area contributed by atoms with Gasteiger partial charge in [-0.15, -0.1) is 6.58 Å². The molecule has 1 saturated heterocycles. The molecule has 1 heterocycles. The van der Waals surface area contributed by atoms with Gasteiger partial charge in [-0.3, -0.25) is 4.90 Å². The van der Waals surface area contributed by atoms with Gasteiger partial charge in [0.2, 0.25) is 0 Å². The highest BCUT2D eigenvalue weighted by molar-refractivity contribution is 7.80. The fraction of sp³-hybridized carbons (Fsp3) is 0.500. The maximum atomic E-state index is 5.32. The van der Waals surface area contributed by atoms with Gasteiger partial charge in [0.1, 0.15) is 5.75 Å². The summed E-state index contributed by atoms with van der Waals surface area (Å²) in [6, 6.07) is 8.69. The summed E-state index contributed by atoms with van der Waals surface area (Å²) < 4.78 is 5.27. The van der Waals surface area contributed by atoms with E-state index in [0.717, 1.165) is 25.4 Å². The predicted molar refractivity (Wildman–Crippen MR) is 100.0 cm³/mol. The summed E-state index contributed by atoms with van der Waals surface area (Å²) in [7, 11) is 1.70. The van der Waals surface area contributed by atoms with Gasteiger partial charge in [-0.05, 0) is 55.8 Å². The number of benzene rings is 1. The molecule has 2 N–H and O–H groups in total. The second-order valence-electron chi connectivity index (χ2n) is 5.77. The average Bonchev–Trinajstić information content (AvgIpc) is 2.61. The van der Waals surface area contributed by atoms with Gasteiger partial charge in [0.15, 0.2) is 5.11 Å². The molecule has 0 unspecified atom stereocenters. The number of rotatable bonds is 7. The molecule has 4 nitrogen and oxygen atoms in total. The number of nitrogens with zero attached hydrogens (tertiary/aromatic N) is 1. The number of nitrogens with one attached hydrogen (secondary N) is 2. The molecule has 1 aromatic rings. The lowest BCUT2D eigenvalue weighted by Gasteiger charge is -2.35. The Kier molecular flexibility index (Phi) is 7.36. The second kappa shape index (κ2) is 9.53. The Labute approximate surface area is 144 Å². The fourth-order valence-corrected chi connectivity index (χ4v) is 3.10. The van der Waals surface area contributed by atoms with E-state index in [1.165, 1.54) is 24.8 Å². The highest BCUT2D eigenvalue weighted by Crippen LogP contribution is 2.25. The monoisotopic (exact) mass is 333 g/mol. The van der Waals surface area contributed by atoms with Crippen LogP contribution in [0.4, 0.5) is 0 Å². The second-order valence-corrected chi connectivity index (χ2v) is 6.17. The maximum absolute atomic E-state index is 5.32. The van der Waals surface area contributed by atoms with E-state index in [-0.39, 0.29) is 0 Å². The van der Waals surface area contributed by atoms with Crippen molar-refractivity contribution < 1.29 is 4.74 Å². The minimum absolute atomic E-state index is 0.324. The van der Waals surface area contributed by atoms with Crippen LogP contribution >= 0.6 is 12.2 Å². The number of likely N-dealkylation sites (tertiary alicyclic amines) is 1. The van der Waals surface area contributed by atoms with Gasteiger partial charge in [-0.1, -0.05) is 24.6 Å². The molecule has 0 bridgehead atoms. The van der Waals surface area contributed by atoms with Crippen LogP contribution in [0.15, 0.2) is 36.9 Å². The molecule has 0 saturated carbocycles. The largest absolute Gasteiger partial charge is 0.497 e. The van der Waals surface area contributed by atoms with Crippen molar-refractivity contribution in [2.75, 3.05) is 33.3 Å². The summed E-state index contributed by atoms with van der Waals surface area (Å²) in [5.74, 6) is 0.891. The van der Waals surface area contributed by atoms with E-state index in [9.17, 15) is 0 Å². The molecule has 1 fully saturated rings. The van der Waals surface area contributed by atoms with Crippen molar-refractivity contribution in [1.29, 1.82) is 0 Å². The quantitative estimate of drug-likeness (QED) is 0.593. The van der Waals surface area contributed by atoms with Gasteiger partial charge in [0.25, 0.3) is 0 Å². The molecule has 0 amide bonds. The smallest absolute Gasteiger partial charge is 0.166 e. The number of hydrogen-bond donors (Lipinski definition) is 2. The summed E-state index contributed by atoms with van der Waals surface area (Å²) in [6.45, 7) is 7.47. The van der Waals surface area contributed by atoms with Crippen LogP contribution in [0.5, 0.6) is 5.75 Å². The first-order chi connectivity index (χ1) is 11.2. The summed E-state index contributed by atoms with van der Waals surface area (Å²) >= 11 is 5.32. The van der Waals surface area contributed by atoms with Crippen LogP contribution in [-0.4, -0.2) is 43.3 Å². The lowest BCUT2D eigenvalue weighted by Crippen LogP contribution is -2.43. The number of thiocarbonyl (C=S) groups is 1. The molecular weight excluding hydrogens is 306 g/mol. The number of ether oxygens (including phenoxy) is 1. The van der Waals surface area contributed by atoms with Crippen molar-refractivity contribution in [2.24, 2.45) is 0 Å². The number of hydrogen-bond acceptors (Lipinski definition) is 3. The van der Waals surface area contributed by atoms with E-state index >= 15 is 0 Å². The lowest BCUT2D eigenvalue weighted by molar-refractivity contribution is 0.164. The summed E-state index contributed by atoms with van der Waals surface area (Å²) in [6.07, 6.45) is 5.68. The Morgan fingerprint density at radius 2 is 1.96 bits per heavy atom. The van der Waals surface area contributed by atoms with Gasteiger partial charge >= 0.3 is 0 Å². The third kappa shape index (κ3) is 5.52. The Morgan fingerprint density at radius 1 is 1.26 bits per heavy atom. The molecule has 1 aliphatic rings. The van der Waals surface area contributed by atoms with Crippen LogP contribution in [0.2, 0.25) is 0 Å². The molecule has 1 aromatic carbocycles. The van der Waals surface area contributed by atoms with Crippen molar-refractivity contribution in [3.8, 4) is 5.75 Å². The summed E-state index contributed by atoms with van der Waals surface area (Å²) in [4.78, 5) is 2.55. The predicted octanol–water partition coefficient (Wildman–Crippen LogP) is 2.87. The standard InChI is InChI=1S/C18H27N3OS/c1-3-11-19-18(23)20-14-17(21-12-5-4-6-13-21)15-7-9-16(22-2)10-8-15/h3,7-10,17H,1,4-6,11-14H2,2H3,(H2,19,20,23)/t17-/m1/s1. The summed E-state index contributed by atoms with van der Waals surface area (Å²) in [5.41, 5.74) is 1.30. The average molecular weight is 334 g/mol. The van der Waals surface area contributed by atoms with Crippen LogP contribution in [0.1, 0.15) is 30.9 Å². The van der Waals surface area contributed by atoms with E-state index in [2.05, 4.69) is 34.2 Å². The fourth-order valence-electron chi connectivity index (χ4n) is 2.93. The first-order valence-electron chi connectivity index (χ1n) is 8.25. The first kappa shape index (κ1) is 17.8. The molecule has 0 spiro atoms. The third-order valence-electron chi connectivity index (χ3n) is 4.19. The zero-order chi connectivity index (χ0) is 16.5. The van der Waals surface area contributed by atoms with E-state index < -0.39 is 0 Å². The van der Waals surface area contributed by atoms with E-state index in [4.69, 9.17) is 17.0 Å². The van der Waals surface area contributed by atoms with Crippen LogP contribution in [0, 0.1) is 0 Å². The molecular formula is C18H27N3OS. The van der Waals surface area contributed by atoms with Gasteiger partial charge in [-0.2, -0.15) is 0 Å². The van der Waals surface area contributed by atoms with Crippen molar-refractivity contribution in [3.05, 3.63) is 42.5 Å². The highest BCUT2D eigenvalue weighted by atomic mass is 32.1. The van der Waals surface area contributed by atoms with Crippen molar-refractivity contribution in [3.63, 3.8) is 0 Å². The SMILES string of the molecule is C=CCNC(=S)NC[C@H](c1ccc(OC)cc1)N1CCCCC1. The van der Waals surface area contributed by atoms with Crippen LogP contribution in [-0.2, 0) is 0 Å². The van der Waals surface area contributed by atoms with Gasteiger partial charge in [-0.25, -0.2) is 0 Å². The zero-order valence-electron chi connectivity index (χ0n) is 13.9. The van der Waals surface area contributed by atoms with Crippen LogP contribution < -0.4 is 15.4 Å². The van der Waals surface area contributed by atoms with E-state index in [1.54, 1.807) is 13.2 Å². The van der Waals surface area contributed by atoms with Crippen molar-refractivity contribution in [1.82, 2.24) is 15.5 Å². The Morgan fingerprint density at radius 3 is 2.57 bits per heavy atom. The molecule has 126 valence electrons. The van der Waals surface area contributed by atoms with Gasteiger partial charge in [0.05, 0.1) is 13.2 Å². The summed E-state index contributed by atoms with van der Waals surface area (Å²) in [5, 5.41) is 7.15. The first-order valence-corrected chi connectivity index (χ1v) is 8.66. The van der Waals surface area contributed by atoms with Crippen molar-refractivity contribution in [2.45, 2.75) is 25.3 Å². The molecule has 0 aliphatic carbocycles. The highest BCUT2D eigenvalue weighted by Gasteiger charge is 2.22. The van der Waals surface area contributed by atoms with Crippen molar-refractivity contribution >= 4 is 17.3 Å². The Balaban J connectivity index is 2.04. The minimum Gasteiger partial charge on any atom is -0.497 e. The topological polar surface area (TPSA) is 36.5 Å². The molecule has 0 radical (unpaired) electrons. The van der Waals surface area contributed by atoms with Crippen LogP contribution in [0.25, 0.3) is 0 Å². The van der Waals surface area contributed by atoms with Gasteiger partial charge in [0, 0.05) is 13.1 Å². The molecule has 1 aliphatic heterocycles. The Bertz CT molecular complexity index is 497. The van der Waals surface area contributed by atoms with Gasteiger partial charge < -0.3 is 15.4 Å². The molecule has 23 heavy (non-hydrogen) atoms. The minimum atomic E-state index is 0.324. The normalized spacial score (nSPS) is 16.4. The number of methoxy groups -OCH3 is 1.